The molecule has 8 nitrogen and oxygen atoms in total. The molecule has 1 heterocycles. The van der Waals surface area contributed by atoms with Crippen LogP contribution in [0.5, 0.6) is 0 Å². The minimum absolute atomic E-state index is 0.0332. The van der Waals surface area contributed by atoms with Crippen molar-refractivity contribution in [1.82, 2.24) is 4.98 Å². The lowest BCUT2D eigenvalue weighted by Gasteiger charge is -2.07. The third kappa shape index (κ3) is 3.23. The summed E-state index contributed by atoms with van der Waals surface area (Å²) < 4.78 is 13.6. The van der Waals surface area contributed by atoms with Gasteiger partial charge in [-0.2, -0.15) is 0 Å². The van der Waals surface area contributed by atoms with Crippen molar-refractivity contribution in [3.05, 3.63) is 54.4 Å². The van der Waals surface area contributed by atoms with E-state index in [4.69, 9.17) is 5.11 Å². The van der Waals surface area contributed by atoms with Crippen molar-refractivity contribution in [3.63, 3.8) is 0 Å². The maximum Gasteiger partial charge on any atom is 0.338 e. The van der Waals surface area contributed by atoms with E-state index < -0.39 is 28.0 Å². The van der Waals surface area contributed by atoms with Gasteiger partial charge in [0.1, 0.15) is 17.1 Å². The molecule has 2 rings (SSSR count). The molecule has 0 radical (unpaired) electrons. The van der Waals surface area contributed by atoms with Crippen LogP contribution in [-0.4, -0.2) is 21.0 Å². The number of hydrogen-bond donors (Lipinski definition) is 3. The standard InChI is InChI=1S/C11H8FN3O5S/c12-7-2-8(13-3-5-4-21-11(18)14-5)9(15(19)20)1-6(7)10(16)17/h1-2,4,13H,3H2,(H,14,18)(H,16,17). The molecule has 0 fully saturated rings. The summed E-state index contributed by atoms with van der Waals surface area (Å²) in [7, 11) is 0. The average Bonchev–Trinajstić information content (AvgIpc) is 2.81. The second kappa shape index (κ2) is 5.71. The summed E-state index contributed by atoms with van der Waals surface area (Å²) in [5, 5.41) is 23.8. The van der Waals surface area contributed by atoms with Crippen LogP contribution in [0, 0.1) is 15.9 Å². The number of carbonyl (C=O) groups is 1. The quantitative estimate of drug-likeness (QED) is 0.571. The van der Waals surface area contributed by atoms with Crippen molar-refractivity contribution < 1.29 is 19.2 Å². The molecule has 3 N–H and O–H groups in total. The Morgan fingerprint density at radius 3 is 2.76 bits per heavy atom. The molecule has 0 atom stereocenters. The number of nitrogens with zero attached hydrogens (tertiary/aromatic N) is 1. The zero-order valence-corrected chi connectivity index (χ0v) is 11.1. The fourth-order valence-electron chi connectivity index (χ4n) is 1.61. The number of nitro groups is 1. The lowest BCUT2D eigenvalue weighted by Crippen LogP contribution is -2.08. The van der Waals surface area contributed by atoms with Crippen LogP contribution < -0.4 is 10.2 Å². The summed E-state index contributed by atoms with van der Waals surface area (Å²) in [5.74, 6) is -2.68. The maximum atomic E-state index is 13.6. The number of benzene rings is 1. The predicted molar refractivity (Wildman–Crippen MR) is 72.3 cm³/mol. The average molecular weight is 313 g/mol. The number of halogens is 1. The zero-order chi connectivity index (χ0) is 15.6. The molecule has 10 heteroatoms. The van der Waals surface area contributed by atoms with Crippen LogP contribution in [0.4, 0.5) is 15.8 Å². The van der Waals surface area contributed by atoms with E-state index in [-0.39, 0.29) is 17.1 Å². The number of carboxylic acid groups (broad SMARTS) is 1. The Kier molecular flexibility index (Phi) is 3.98. The van der Waals surface area contributed by atoms with E-state index in [1.807, 2.05) is 0 Å². The van der Waals surface area contributed by atoms with Crippen molar-refractivity contribution in [2.75, 3.05) is 5.32 Å². The Labute approximate surface area is 120 Å². The van der Waals surface area contributed by atoms with E-state index in [9.17, 15) is 24.1 Å². The first-order chi connectivity index (χ1) is 9.88. The van der Waals surface area contributed by atoms with Gasteiger partial charge in [-0.1, -0.05) is 11.3 Å². The van der Waals surface area contributed by atoms with Crippen molar-refractivity contribution in [2.24, 2.45) is 0 Å². The number of aromatic amines is 1. The molecule has 21 heavy (non-hydrogen) atoms. The summed E-state index contributed by atoms with van der Waals surface area (Å²) in [6.45, 7) is 0.0332. The number of nitrogens with one attached hydrogen (secondary N) is 2. The Bertz CT molecular complexity index is 769. The highest BCUT2D eigenvalue weighted by atomic mass is 32.1. The molecule has 1 aromatic heterocycles. The van der Waals surface area contributed by atoms with Gasteiger partial charge in [0, 0.05) is 23.2 Å². The van der Waals surface area contributed by atoms with Crippen LogP contribution in [0.3, 0.4) is 0 Å². The number of thiazole rings is 1. The lowest BCUT2D eigenvalue weighted by molar-refractivity contribution is -0.384. The summed E-state index contributed by atoms with van der Waals surface area (Å²) in [6.07, 6.45) is 0. The van der Waals surface area contributed by atoms with E-state index in [1.54, 1.807) is 0 Å². The highest BCUT2D eigenvalue weighted by Gasteiger charge is 2.21. The van der Waals surface area contributed by atoms with Gasteiger partial charge in [0.05, 0.1) is 11.5 Å². The minimum Gasteiger partial charge on any atom is -0.478 e. The van der Waals surface area contributed by atoms with Crippen molar-refractivity contribution >= 4 is 28.7 Å². The Morgan fingerprint density at radius 1 is 1.52 bits per heavy atom. The van der Waals surface area contributed by atoms with Gasteiger partial charge in [-0.25, -0.2) is 9.18 Å². The van der Waals surface area contributed by atoms with E-state index in [1.165, 1.54) is 5.38 Å². The van der Waals surface area contributed by atoms with Gasteiger partial charge in [-0.15, -0.1) is 0 Å². The molecular formula is C11H8FN3O5S. The molecule has 0 amide bonds. The van der Waals surface area contributed by atoms with Crippen LogP contribution in [0.2, 0.25) is 0 Å². The Balaban J connectivity index is 2.33. The molecule has 0 spiro atoms. The maximum absolute atomic E-state index is 13.6. The summed E-state index contributed by atoms with van der Waals surface area (Å²) in [4.78, 5) is 34.0. The van der Waals surface area contributed by atoms with Crippen molar-refractivity contribution in [3.8, 4) is 0 Å². The first kappa shape index (κ1) is 14.7. The van der Waals surface area contributed by atoms with Crippen LogP contribution in [0.1, 0.15) is 16.1 Å². The minimum atomic E-state index is -1.59. The fourth-order valence-corrected chi connectivity index (χ4v) is 2.19. The molecule has 0 aliphatic carbocycles. The highest BCUT2D eigenvalue weighted by molar-refractivity contribution is 7.07. The van der Waals surface area contributed by atoms with Crippen molar-refractivity contribution in [1.29, 1.82) is 0 Å². The Hall–Kier alpha value is -2.75. The molecular weight excluding hydrogens is 305 g/mol. The van der Waals surface area contributed by atoms with Gasteiger partial charge < -0.3 is 15.4 Å². The van der Waals surface area contributed by atoms with Gasteiger partial charge in [-0.05, 0) is 0 Å². The predicted octanol–water partition coefficient (Wildman–Crippen LogP) is 1.79. The number of aromatic nitrogens is 1. The number of aromatic carboxylic acids is 1. The fraction of sp³-hybridized carbons (Fsp3) is 0.0909. The Morgan fingerprint density at radius 2 is 2.24 bits per heavy atom. The summed E-state index contributed by atoms with van der Waals surface area (Å²) in [5.41, 5.74) is -1.04. The SMILES string of the molecule is O=C(O)c1cc([N+](=O)[O-])c(NCc2csc(=O)[nH]2)cc1F. The first-order valence-corrected chi connectivity index (χ1v) is 6.38. The number of hydrogen-bond acceptors (Lipinski definition) is 6. The summed E-state index contributed by atoms with van der Waals surface area (Å²) in [6, 6.07) is 1.39. The van der Waals surface area contributed by atoms with E-state index in [2.05, 4.69) is 10.3 Å². The molecule has 0 unspecified atom stereocenters. The molecule has 0 aliphatic heterocycles. The van der Waals surface area contributed by atoms with Crippen LogP contribution in [0.15, 0.2) is 22.3 Å². The normalized spacial score (nSPS) is 10.3. The summed E-state index contributed by atoms with van der Waals surface area (Å²) >= 11 is 0.923. The molecule has 110 valence electrons. The number of carboxylic acids is 1. The molecule has 0 aliphatic rings. The van der Waals surface area contributed by atoms with E-state index in [0.717, 1.165) is 17.4 Å². The van der Waals surface area contributed by atoms with Crippen LogP contribution >= 0.6 is 11.3 Å². The van der Waals surface area contributed by atoms with Crippen molar-refractivity contribution in [2.45, 2.75) is 6.54 Å². The van der Waals surface area contributed by atoms with Gasteiger partial charge in [0.15, 0.2) is 0 Å². The third-order valence-corrected chi connectivity index (χ3v) is 3.27. The first-order valence-electron chi connectivity index (χ1n) is 5.50. The van der Waals surface area contributed by atoms with Crippen LogP contribution in [-0.2, 0) is 6.54 Å². The second-order valence-corrected chi connectivity index (χ2v) is 4.78. The number of nitro benzene ring substituents is 1. The van der Waals surface area contributed by atoms with E-state index >= 15 is 0 Å². The molecule has 1 aromatic carbocycles. The largest absolute Gasteiger partial charge is 0.478 e. The molecule has 0 saturated carbocycles. The topological polar surface area (TPSA) is 125 Å². The molecule has 0 saturated heterocycles. The van der Waals surface area contributed by atoms with Gasteiger partial charge in [0.25, 0.3) is 5.69 Å². The number of anilines is 1. The highest BCUT2D eigenvalue weighted by Crippen LogP contribution is 2.28. The zero-order valence-electron chi connectivity index (χ0n) is 10.3. The second-order valence-electron chi connectivity index (χ2n) is 3.94. The smallest absolute Gasteiger partial charge is 0.338 e. The van der Waals surface area contributed by atoms with Gasteiger partial charge in [0.2, 0.25) is 0 Å². The molecule has 0 bridgehead atoms. The monoisotopic (exact) mass is 313 g/mol. The van der Waals surface area contributed by atoms with Gasteiger partial charge in [-0.3, -0.25) is 14.9 Å². The number of rotatable bonds is 5. The lowest BCUT2D eigenvalue weighted by atomic mass is 10.1. The van der Waals surface area contributed by atoms with E-state index in [0.29, 0.717) is 11.8 Å². The number of H-pyrrole nitrogens is 1. The molecule has 2 aromatic rings. The van der Waals surface area contributed by atoms with Crippen LogP contribution in [0.25, 0.3) is 0 Å². The van der Waals surface area contributed by atoms with Gasteiger partial charge >= 0.3 is 10.8 Å². The third-order valence-electron chi connectivity index (χ3n) is 2.55.